The molecule has 0 spiro atoms. The summed E-state index contributed by atoms with van der Waals surface area (Å²) in [6, 6.07) is -1.05. The van der Waals surface area contributed by atoms with Crippen molar-refractivity contribution < 1.29 is 14.7 Å². The van der Waals surface area contributed by atoms with Gasteiger partial charge in [-0.1, -0.05) is 13.8 Å². The molecule has 98 valence electrons. The van der Waals surface area contributed by atoms with Gasteiger partial charge in [-0.15, -0.1) is 0 Å². The normalized spacial score (nSPS) is 18.8. The van der Waals surface area contributed by atoms with Crippen LogP contribution in [0.15, 0.2) is 0 Å². The molecule has 1 fully saturated rings. The molecule has 6 heteroatoms. The van der Waals surface area contributed by atoms with Crippen molar-refractivity contribution in [1.82, 2.24) is 15.1 Å². The number of nitrogens with zero attached hydrogens (tertiary/aromatic N) is 2. The molecule has 1 aliphatic heterocycles. The maximum Gasteiger partial charge on any atom is 0.326 e. The minimum Gasteiger partial charge on any atom is -0.480 e. The quantitative estimate of drug-likeness (QED) is 0.739. The van der Waals surface area contributed by atoms with Crippen LogP contribution in [0.1, 0.15) is 20.3 Å². The van der Waals surface area contributed by atoms with Gasteiger partial charge >= 0.3 is 12.0 Å². The van der Waals surface area contributed by atoms with Gasteiger partial charge < -0.3 is 20.2 Å². The van der Waals surface area contributed by atoms with Crippen molar-refractivity contribution in [3.63, 3.8) is 0 Å². The fourth-order valence-electron chi connectivity index (χ4n) is 1.85. The number of hydrogen-bond donors (Lipinski definition) is 2. The van der Waals surface area contributed by atoms with Gasteiger partial charge in [-0.05, 0) is 13.0 Å². The van der Waals surface area contributed by atoms with Gasteiger partial charge in [0.25, 0.3) is 0 Å². The van der Waals surface area contributed by atoms with Crippen LogP contribution in [0.5, 0.6) is 0 Å². The van der Waals surface area contributed by atoms with Crippen molar-refractivity contribution in [2.45, 2.75) is 26.3 Å². The average Bonchev–Trinajstić information content (AvgIpc) is 2.35. The molecule has 1 heterocycles. The van der Waals surface area contributed by atoms with Crippen molar-refractivity contribution >= 4 is 12.0 Å². The summed E-state index contributed by atoms with van der Waals surface area (Å²) < 4.78 is 0. The summed E-state index contributed by atoms with van der Waals surface area (Å²) in [7, 11) is 0. The van der Waals surface area contributed by atoms with Gasteiger partial charge in [-0.2, -0.15) is 0 Å². The first-order valence-electron chi connectivity index (χ1n) is 6.09. The molecule has 1 aliphatic rings. The van der Waals surface area contributed by atoms with Gasteiger partial charge in [-0.3, -0.25) is 0 Å². The zero-order valence-electron chi connectivity index (χ0n) is 10.5. The fraction of sp³-hybridized carbons (Fsp3) is 0.818. The van der Waals surface area contributed by atoms with E-state index in [-0.39, 0.29) is 6.03 Å². The van der Waals surface area contributed by atoms with Crippen LogP contribution in [0.25, 0.3) is 0 Å². The molecule has 0 radical (unpaired) electrons. The number of amides is 2. The van der Waals surface area contributed by atoms with Crippen molar-refractivity contribution in [2.75, 3.05) is 32.7 Å². The Kier molecular flexibility index (Phi) is 5.21. The number of likely N-dealkylation sites (N-methyl/N-ethyl adjacent to an activating group) is 1. The molecule has 0 unspecified atom stereocenters. The first-order chi connectivity index (χ1) is 8.08. The van der Waals surface area contributed by atoms with E-state index < -0.39 is 12.0 Å². The third kappa shape index (κ3) is 3.89. The molecule has 1 saturated heterocycles. The molecule has 1 atom stereocenters. The first kappa shape index (κ1) is 13.8. The van der Waals surface area contributed by atoms with Gasteiger partial charge in [0, 0.05) is 26.2 Å². The van der Waals surface area contributed by atoms with Gasteiger partial charge in [0.1, 0.15) is 6.04 Å². The highest BCUT2D eigenvalue weighted by atomic mass is 16.4. The molecule has 0 saturated carbocycles. The molecule has 0 aromatic rings. The Balaban J connectivity index is 2.41. The Morgan fingerprint density at radius 3 is 2.24 bits per heavy atom. The number of piperazine rings is 1. The van der Waals surface area contributed by atoms with E-state index in [0.29, 0.717) is 19.5 Å². The van der Waals surface area contributed by atoms with Crippen LogP contribution >= 0.6 is 0 Å². The Hall–Kier alpha value is -1.30. The lowest BCUT2D eigenvalue weighted by Crippen LogP contribution is -2.54. The summed E-state index contributed by atoms with van der Waals surface area (Å²) in [5.74, 6) is -0.979. The zero-order valence-corrected chi connectivity index (χ0v) is 10.5. The second-order valence-electron chi connectivity index (χ2n) is 4.17. The minimum absolute atomic E-state index is 0.269. The van der Waals surface area contributed by atoms with Crippen LogP contribution in [0.2, 0.25) is 0 Å². The van der Waals surface area contributed by atoms with Crippen LogP contribution in [0.4, 0.5) is 4.79 Å². The predicted molar refractivity (Wildman–Crippen MR) is 63.9 cm³/mol. The predicted octanol–water partition coefficient (Wildman–Crippen LogP) is 0.197. The summed E-state index contributed by atoms with van der Waals surface area (Å²) in [6.45, 7) is 7.86. The molecule has 0 aromatic carbocycles. The lowest BCUT2D eigenvalue weighted by Gasteiger charge is -2.34. The van der Waals surface area contributed by atoms with Gasteiger partial charge in [0.15, 0.2) is 0 Å². The minimum atomic E-state index is -0.979. The Morgan fingerprint density at radius 1 is 1.24 bits per heavy atom. The molecule has 0 aliphatic carbocycles. The van der Waals surface area contributed by atoms with E-state index in [9.17, 15) is 9.59 Å². The van der Waals surface area contributed by atoms with Gasteiger partial charge in [0.2, 0.25) is 0 Å². The van der Waals surface area contributed by atoms with E-state index in [0.717, 1.165) is 19.6 Å². The van der Waals surface area contributed by atoms with Crippen LogP contribution in [-0.2, 0) is 4.79 Å². The Morgan fingerprint density at radius 2 is 1.82 bits per heavy atom. The van der Waals surface area contributed by atoms with Crippen LogP contribution < -0.4 is 5.32 Å². The van der Waals surface area contributed by atoms with Crippen molar-refractivity contribution in [3.05, 3.63) is 0 Å². The molecule has 2 N–H and O–H groups in total. The molecule has 2 amide bonds. The van der Waals surface area contributed by atoms with Gasteiger partial charge in [-0.25, -0.2) is 9.59 Å². The number of urea groups is 1. The zero-order chi connectivity index (χ0) is 12.8. The summed E-state index contributed by atoms with van der Waals surface area (Å²) >= 11 is 0. The fourth-order valence-corrected chi connectivity index (χ4v) is 1.85. The standard InChI is InChI=1S/C11H21N3O3/c1-3-9(10(15)16)12-11(17)14-7-5-13(4-2)6-8-14/h9H,3-8H2,1-2H3,(H,12,17)(H,15,16)/t9-/m0/s1. The van der Waals surface area contributed by atoms with E-state index in [2.05, 4.69) is 17.1 Å². The van der Waals surface area contributed by atoms with Crippen molar-refractivity contribution in [2.24, 2.45) is 0 Å². The maximum atomic E-state index is 11.8. The summed E-state index contributed by atoms with van der Waals surface area (Å²) in [6.07, 6.45) is 0.399. The van der Waals surface area contributed by atoms with E-state index in [1.807, 2.05) is 0 Å². The van der Waals surface area contributed by atoms with Crippen molar-refractivity contribution in [3.8, 4) is 0 Å². The maximum absolute atomic E-state index is 11.8. The smallest absolute Gasteiger partial charge is 0.326 e. The summed E-state index contributed by atoms with van der Waals surface area (Å²) in [4.78, 5) is 26.5. The Bertz CT molecular complexity index is 275. The summed E-state index contributed by atoms with van der Waals surface area (Å²) in [5.41, 5.74) is 0. The third-order valence-electron chi connectivity index (χ3n) is 3.11. The highest BCUT2D eigenvalue weighted by molar-refractivity contribution is 5.82. The lowest BCUT2D eigenvalue weighted by atomic mass is 10.2. The lowest BCUT2D eigenvalue weighted by molar-refractivity contribution is -0.139. The van der Waals surface area contributed by atoms with Crippen LogP contribution in [0.3, 0.4) is 0 Å². The van der Waals surface area contributed by atoms with E-state index in [1.54, 1.807) is 11.8 Å². The molecule has 0 bridgehead atoms. The molecule has 17 heavy (non-hydrogen) atoms. The molecule has 6 nitrogen and oxygen atoms in total. The molecule has 1 rings (SSSR count). The van der Waals surface area contributed by atoms with Crippen molar-refractivity contribution in [1.29, 1.82) is 0 Å². The number of carboxylic acid groups (broad SMARTS) is 1. The van der Waals surface area contributed by atoms with Crippen LogP contribution in [0, 0.1) is 0 Å². The second-order valence-corrected chi connectivity index (χ2v) is 4.17. The number of carbonyl (C=O) groups is 2. The van der Waals surface area contributed by atoms with Crippen LogP contribution in [-0.4, -0.2) is 65.7 Å². The molecule has 0 aromatic heterocycles. The third-order valence-corrected chi connectivity index (χ3v) is 3.11. The van der Waals surface area contributed by atoms with Gasteiger partial charge in [0.05, 0.1) is 0 Å². The number of rotatable bonds is 4. The topological polar surface area (TPSA) is 72.9 Å². The monoisotopic (exact) mass is 243 g/mol. The first-order valence-corrected chi connectivity index (χ1v) is 6.09. The SMILES string of the molecule is CC[C@H](NC(=O)N1CCN(CC)CC1)C(=O)O. The highest BCUT2D eigenvalue weighted by Gasteiger charge is 2.24. The largest absolute Gasteiger partial charge is 0.480 e. The summed E-state index contributed by atoms with van der Waals surface area (Å²) in [5, 5.41) is 11.4. The number of hydrogen-bond acceptors (Lipinski definition) is 3. The average molecular weight is 243 g/mol. The number of carboxylic acids is 1. The molecular weight excluding hydrogens is 222 g/mol. The second kappa shape index (κ2) is 6.44. The number of aliphatic carboxylic acids is 1. The number of nitrogens with one attached hydrogen (secondary N) is 1. The van der Waals surface area contributed by atoms with E-state index >= 15 is 0 Å². The highest BCUT2D eigenvalue weighted by Crippen LogP contribution is 2.02. The Labute approximate surface area is 102 Å². The number of carbonyl (C=O) groups excluding carboxylic acids is 1. The van der Waals surface area contributed by atoms with E-state index in [1.165, 1.54) is 0 Å². The molecular formula is C11H21N3O3. The van der Waals surface area contributed by atoms with E-state index in [4.69, 9.17) is 5.11 Å².